The van der Waals surface area contributed by atoms with E-state index in [0.29, 0.717) is 24.7 Å². The van der Waals surface area contributed by atoms with E-state index in [1.165, 1.54) is 10.7 Å². The molecule has 8 N–H and O–H groups in total. The second kappa shape index (κ2) is 19.3. The van der Waals surface area contributed by atoms with Crippen molar-refractivity contribution >= 4 is 26.0 Å². The van der Waals surface area contributed by atoms with E-state index in [2.05, 4.69) is 27.6 Å². The third kappa shape index (κ3) is 12.9. The number of quaternary nitrogens is 1. The maximum atomic E-state index is 11.7. The summed E-state index contributed by atoms with van der Waals surface area (Å²) in [6, 6.07) is 22.4. The van der Waals surface area contributed by atoms with Crippen molar-refractivity contribution < 1.29 is 26.7 Å². The Kier molecular flexibility index (Phi) is 17.5. The molecule has 0 aliphatic carbocycles. The van der Waals surface area contributed by atoms with Crippen LogP contribution in [0.25, 0.3) is 0 Å². The third-order valence-corrected chi connectivity index (χ3v) is 4.87. The number of halogens is 1. The number of H-pyrrole nitrogens is 1. The van der Waals surface area contributed by atoms with Gasteiger partial charge in [0.25, 0.3) is 19.7 Å². The molecule has 0 fully saturated rings. The largest absolute Gasteiger partial charge is 1.00 e. The van der Waals surface area contributed by atoms with Gasteiger partial charge in [-0.15, -0.1) is 17.4 Å². The SMILES string of the molecule is CCOC(=O)c1cc(=O)n(Cc2ccccc2)[nH]1.COc1cc(C(=N)N)nn1Cc1ccccc1.[CH3][Al]([CH3])[CH3].[Cl-].[NH4+]. The fourth-order valence-electron chi connectivity index (χ4n) is 3.20. The molecule has 41 heavy (non-hydrogen) atoms. The van der Waals surface area contributed by atoms with Gasteiger partial charge >= 0.3 is 5.97 Å². The van der Waals surface area contributed by atoms with Crippen molar-refractivity contribution in [1.29, 1.82) is 5.41 Å². The van der Waals surface area contributed by atoms with Crippen LogP contribution in [0.5, 0.6) is 5.88 Å². The van der Waals surface area contributed by atoms with Gasteiger partial charge in [0.15, 0.2) is 0 Å². The first-order chi connectivity index (χ1) is 18.6. The number of methoxy groups -OCH3 is 1. The Hall–Kier alpha value is -3.82. The minimum absolute atomic E-state index is 0. The van der Waals surface area contributed by atoms with E-state index in [1.54, 1.807) is 24.8 Å². The number of esters is 1. The van der Waals surface area contributed by atoms with Crippen LogP contribution in [-0.2, 0) is 17.8 Å². The van der Waals surface area contributed by atoms with Crippen LogP contribution in [0.2, 0.25) is 17.4 Å². The minimum atomic E-state index is -0.513. The lowest BCUT2D eigenvalue weighted by molar-refractivity contribution is -0.0000273. The number of hydrogen-bond donors (Lipinski definition) is 4. The number of ether oxygens (including phenoxy) is 2. The van der Waals surface area contributed by atoms with Crippen LogP contribution in [0.3, 0.4) is 0 Å². The Morgan fingerprint density at radius 3 is 1.98 bits per heavy atom. The quantitative estimate of drug-likeness (QED) is 0.103. The van der Waals surface area contributed by atoms with Gasteiger partial charge in [-0.25, -0.2) is 14.2 Å². The van der Waals surface area contributed by atoms with Gasteiger partial charge in [-0.2, -0.15) is 5.10 Å². The molecular formula is C28H41AlClN7O4. The normalized spacial score (nSPS) is 9.39. The summed E-state index contributed by atoms with van der Waals surface area (Å²) in [4.78, 5) is 23.1. The number of hydrogen-bond acceptors (Lipinski definition) is 6. The second-order valence-electron chi connectivity index (χ2n) is 9.16. The van der Waals surface area contributed by atoms with Crippen molar-refractivity contribution in [2.75, 3.05) is 13.7 Å². The van der Waals surface area contributed by atoms with Crippen molar-refractivity contribution in [2.45, 2.75) is 37.4 Å². The molecule has 0 aliphatic rings. The average Bonchev–Trinajstić information content (AvgIpc) is 3.49. The molecule has 11 nitrogen and oxygen atoms in total. The van der Waals surface area contributed by atoms with Gasteiger partial charge in [0, 0.05) is 12.1 Å². The van der Waals surface area contributed by atoms with Gasteiger partial charge in [-0.1, -0.05) is 60.7 Å². The summed E-state index contributed by atoms with van der Waals surface area (Å²) >= 11 is -0.139. The van der Waals surface area contributed by atoms with Crippen LogP contribution in [0.4, 0.5) is 0 Å². The van der Waals surface area contributed by atoms with E-state index < -0.39 is 5.97 Å². The average molecular weight is 602 g/mol. The number of aromatic nitrogens is 4. The summed E-state index contributed by atoms with van der Waals surface area (Å²) < 4.78 is 13.1. The number of amidine groups is 1. The van der Waals surface area contributed by atoms with E-state index in [1.807, 2.05) is 60.7 Å². The Labute approximate surface area is 251 Å². The smallest absolute Gasteiger partial charge is 0.356 e. The fourth-order valence-corrected chi connectivity index (χ4v) is 3.20. The number of aromatic amines is 1. The highest BCUT2D eigenvalue weighted by Crippen LogP contribution is 2.15. The summed E-state index contributed by atoms with van der Waals surface area (Å²) in [5.74, 6) is 6.94. The lowest BCUT2D eigenvalue weighted by atomic mass is 10.2. The van der Waals surface area contributed by atoms with Crippen LogP contribution in [0.1, 0.15) is 34.2 Å². The first-order valence-electron chi connectivity index (χ1n) is 12.7. The Balaban J connectivity index is 0.000000663. The summed E-state index contributed by atoms with van der Waals surface area (Å²) in [5.41, 5.74) is 7.85. The molecule has 4 aromatic rings. The molecule has 2 aromatic carbocycles. The molecule has 0 aliphatic heterocycles. The summed E-state index contributed by atoms with van der Waals surface area (Å²) in [7, 11) is 1.57. The molecule has 0 bridgehead atoms. The Morgan fingerprint density at radius 1 is 1.00 bits per heavy atom. The van der Waals surface area contributed by atoms with Gasteiger partial charge in [-0.05, 0) is 18.1 Å². The number of rotatable bonds is 8. The summed E-state index contributed by atoms with van der Waals surface area (Å²) in [6.07, 6.45) is 0. The molecule has 0 spiro atoms. The molecule has 2 aromatic heterocycles. The maximum absolute atomic E-state index is 11.7. The van der Waals surface area contributed by atoms with Crippen molar-refractivity contribution in [1.82, 2.24) is 25.7 Å². The highest BCUT2D eigenvalue weighted by atomic mass is 35.5. The van der Waals surface area contributed by atoms with Crippen molar-refractivity contribution in [2.24, 2.45) is 5.73 Å². The number of carbonyl (C=O) groups is 1. The predicted molar refractivity (Wildman–Crippen MR) is 161 cm³/mol. The predicted octanol–water partition coefficient (Wildman–Crippen LogP) is 1.38. The molecule has 0 atom stereocenters. The molecule has 222 valence electrons. The van der Waals surface area contributed by atoms with Crippen molar-refractivity contribution in [3.63, 3.8) is 0 Å². The van der Waals surface area contributed by atoms with Gasteiger partial charge in [0.1, 0.15) is 17.2 Å². The molecule has 0 saturated heterocycles. The monoisotopic (exact) mass is 601 g/mol. The van der Waals surface area contributed by atoms with E-state index in [9.17, 15) is 9.59 Å². The lowest BCUT2D eigenvalue weighted by Gasteiger charge is -2.05. The summed E-state index contributed by atoms with van der Waals surface area (Å²) in [5, 5.41) is 14.3. The molecule has 0 unspecified atom stereocenters. The number of nitrogens with one attached hydrogen (secondary N) is 2. The zero-order valence-electron chi connectivity index (χ0n) is 24.6. The zero-order valence-corrected chi connectivity index (χ0v) is 26.5. The highest BCUT2D eigenvalue weighted by Gasteiger charge is 2.12. The Morgan fingerprint density at radius 2 is 1.51 bits per heavy atom. The molecular weight excluding hydrogens is 561 g/mol. The molecule has 0 radical (unpaired) electrons. The van der Waals surface area contributed by atoms with Crippen LogP contribution in [0, 0.1) is 5.41 Å². The van der Waals surface area contributed by atoms with Gasteiger partial charge in [0.05, 0.1) is 26.8 Å². The maximum Gasteiger partial charge on any atom is 0.356 e. The fraction of sp³-hybridized carbons (Fsp3) is 0.286. The number of carbonyl (C=O) groups excluding carboxylic acids is 1. The van der Waals surface area contributed by atoms with Crippen molar-refractivity contribution in [3.8, 4) is 5.88 Å². The summed E-state index contributed by atoms with van der Waals surface area (Å²) in [6.45, 7) is 3.00. The van der Waals surface area contributed by atoms with Gasteiger partial charge < -0.3 is 33.8 Å². The molecule has 0 saturated carbocycles. The van der Waals surface area contributed by atoms with Gasteiger partial charge in [0.2, 0.25) is 5.88 Å². The van der Waals surface area contributed by atoms with E-state index >= 15 is 0 Å². The zero-order chi connectivity index (χ0) is 28.8. The standard InChI is InChI=1S/C13H14N2O3.C12H14N4O.3CH3.Al.ClH.H3N/c1-2-18-13(17)11-8-12(16)15(14-11)9-10-6-4-3-5-7-10;1-17-11-7-10(12(13)14)15-16(11)8-9-5-3-2-4-6-9;;;;;;/h3-8,14H,2,9H2,1H3;2-7H,8H2,1H3,(H3,13,14);3*1H3;;1H;1H3. The molecule has 0 amide bonds. The number of nitrogens with two attached hydrogens (primary N) is 1. The number of benzene rings is 2. The second-order valence-corrected chi connectivity index (χ2v) is 12.6. The molecule has 13 heteroatoms. The Bertz CT molecular complexity index is 1370. The van der Waals surface area contributed by atoms with E-state index in [4.69, 9.17) is 20.6 Å². The number of nitrogen functional groups attached to an aromatic ring is 1. The number of nitrogens with zero attached hydrogens (tertiary/aromatic N) is 3. The van der Waals surface area contributed by atoms with Gasteiger partial charge in [-0.3, -0.25) is 15.3 Å². The third-order valence-electron chi connectivity index (χ3n) is 4.87. The molecule has 2 heterocycles. The topological polar surface area (TPSA) is 178 Å². The molecule has 4 rings (SSSR count). The minimum Gasteiger partial charge on any atom is -1.00 e. The highest BCUT2D eigenvalue weighted by molar-refractivity contribution is 6.54. The van der Waals surface area contributed by atoms with Crippen LogP contribution >= 0.6 is 0 Å². The lowest BCUT2D eigenvalue weighted by Crippen LogP contribution is -3.00. The first kappa shape index (κ1) is 37.2. The van der Waals surface area contributed by atoms with E-state index in [-0.39, 0.29) is 56.4 Å². The van der Waals surface area contributed by atoms with Crippen molar-refractivity contribution in [3.05, 3.63) is 106 Å². The van der Waals surface area contributed by atoms with Crippen LogP contribution < -0.4 is 34.6 Å². The van der Waals surface area contributed by atoms with E-state index in [0.717, 1.165) is 11.1 Å². The van der Waals surface area contributed by atoms with Crippen LogP contribution in [0.15, 0.2) is 77.6 Å². The first-order valence-corrected chi connectivity index (χ1v) is 16.1. The van der Waals surface area contributed by atoms with Crippen LogP contribution in [-0.4, -0.2) is 59.2 Å².